The predicted molar refractivity (Wildman–Crippen MR) is 79.2 cm³/mol. The van der Waals surface area contributed by atoms with Gasteiger partial charge in [0.25, 0.3) is 5.56 Å². The number of aromatic nitrogens is 2. The van der Waals surface area contributed by atoms with E-state index in [-0.39, 0.29) is 29.2 Å². The summed E-state index contributed by atoms with van der Waals surface area (Å²) in [6.45, 7) is 3.95. The lowest BCUT2D eigenvalue weighted by atomic mass is 10.1. The Labute approximate surface area is 122 Å². The first-order valence-corrected chi connectivity index (χ1v) is 7.10. The zero-order valence-corrected chi connectivity index (χ0v) is 12.1. The van der Waals surface area contributed by atoms with Crippen molar-refractivity contribution >= 4 is 0 Å². The van der Waals surface area contributed by atoms with Crippen LogP contribution in [-0.2, 0) is 4.74 Å². The average Bonchev–Trinajstić information content (AvgIpc) is 2.87. The van der Waals surface area contributed by atoms with Crippen LogP contribution in [0.3, 0.4) is 0 Å². The Balaban J connectivity index is 2.00. The van der Waals surface area contributed by atoms with Crippen LogP contribution in [0.4, 0.5) is 0 Å². The number of aromatic hydroxyl groups is 1. The smallest absolute Gasteiger partial charge is 0.262 e. The number of hydrogen-bond donors (Lipinski definition) is 2. The van der Waals surface area contributed by atoms with Gasteiger partial charge < -0.3 is 14.8 Å². The highest BCUT2D eigenvalue weighted by atomic mass is 16.5. The van der Waals surface area contributed by atoms with Gasteiger partial charge in [0.2, 0.25) is 5.88 Å². The first-order valence-electron chi connectivity index (χ1n) is 7.10. The van der Waals surface area contributed by atoms with E-state index in [1.54, 1.807) is 12.1 Å². The van der Waals surface area contributed by atoms with Crippen LogP contribution < -0.4 is 5.56 Å². The van der Waals surface area contributed by atoms with Crippen LogP contribution in [0.15, 0.2) is 29.1 Å². The molecule has 1 saturated heterocycles. The summed E-state index contributed by atoms with van der Waals surface area (Å²) in [7, 11) is 0. The predicted octanol–water partition coefficient (Wildman–Crippen LogP) is 2.69. The Kier molecular flexibility index (Phi) is 3.51. The largest absolute Gasteiger partial charge is 0.493 e. The van der Waals surface area contributed by atoms with E-state index in [0.717, 1.165) is 18.4 Å². The van der Waals surface area contributed by atoms with Crippen LogP contribution in [0.25, 0.3) is 11.1 Å². The third kappa shape index (κ3) is 2.69. The molecule has 110 valence electrons. The molecular formula is C16H18N2O3. The second-order valence-electron chi connectivity index (χ2n) is 5.53. The third-order valence-electron chi connectivity index (χ3n) is 3.80. The van der Waals surface area contributed by atoms with E-state index in [9.17, 15) is 9.90 Å². The van der Waals surface area contributed by atoms with E-state index in [4.69, 9.17) is 4.74 Å². The molecule has 1 aromatic heterocycles. The molecule has 0 spiro atoms. The molecule has 2 N–H and O–H groups in total. The van der Waals surface area contributed by atoms with Gasteiger partial charge in [-0.05, 0) is 32.3 Å². The summed E-state index contributed by atoms with van der Waals surface area (Å²) < 4.78 is 5.67. The van der Waals surface area contributed by atoms with E-state index < -0.39 is 0 Å². The normalized spacial score (nSPS) is 21.6. The number of hydrogen-bond acceptors (Lipinski definition) is 4. The Morgan fingerprint density at radius 1 is 1.29 bits per heavy atom. The van der Waals surface area contributed by atoms with Gasteiger partial charge >= 0.3 is 0 Å². The third-order valence-corrected chi connectivity index (χ3v) is 3.80. The van der Waals surface area contributed by atoms with Gasteiger partial charge in [-0.25, -0.2) is 0 Å². The van der Waals surface area contributed by atoms with Crippen LogP contribution in [0.1, 0.15) is 37.3 Å². The fourth-order valence-electron chi connectivity index (χ4n) is 2.61. The molecule has 5 heteroatoms. The quantitative estimate of drug-likeness (QED) is 0.890. The molecule has 0 saturated carbocycles. The van der Waals surface area contributed by atoms with Gasteiger partial charge in [-0.2, -0.15) is 4.98 Å². The van der Waals surface area contributed by atoms with Crippen LogP contribution in [0.2, 0.25) is 0 Å². The van der Waals surface area contributed by atoms with Crippen molar-refractivity contribution in [3.63, 3.8) is 0 Å². The summed E-state index contributed by atoms with van der Waals surface area (Å²) in [5.41, 5.74) is 1.60. The van der Waals surface area contributed by atoms with Crippen LogP contribution in [0, 0.1) is 6.92 Å². The van der Waals surface area contributed by atoms with E-state index in [1.807, 2.05) is 26.0 Å². The molecule has 1 aliphatic rings. The van der Waals surface area contributed by atoms with Gasteiger partial charge in [-0.3, -0.25) is 4.79 Å². The molecule has 3 rings (SSSR count). The maximum Gasteiger partial charge on any atom is 0.262 e. The maximum absolute atomic E-state index is 12.3. The highest BCUT2D eigenvalue weighted by molar-refractivity contribution is 5.67. The summed E-state index contributed by atoms with van der Waals surface area (Å²) in [5, 5.41) is 10.1. The SMILES string of the molecule is Cc1ccc(-c2c(O)nc(C3CCC(C)O3)[nH]c2=O)cc1. The minimum atomic E-state index is -0.343. The lowest BCUT2D eigenvalue weighted by molar-refractivity contribution is 0.0498. The average molecular weight is 286 g/mol. The number of nitrogens with one attached hydrogen (secondary N) is 1. The minimum Gasteiger partial charge on any atom is -0.493 e. The van der Waals surface area contributed by atoms with Crippen molar-refractivity contribution in [2.45, 2.75) is 38.9 Å². The molecule has 0 aliphatic carbocycles. The molecular weight excluding hydrogens is 268 g/mol. The number of ether oxygens (including phenoxy) is 1. The van der Waals surface area contributed by atoms with Crippen LogP contribution in [-0.4, -0.2) is 21.2 Å². The lowest BCUT2D eigenvalue weighted by Gasteiger charge is -2.12. The standard InChI is InChI=1S/C16H18N2O3/c1-9-3-6-11(7-4-9)13-15(19)17-14(18-16(13)20)12-8-5-10(2)21-12/h3-4,6-7,10,12H,5,8H2,1-2H3,(H2,17,18,19,20). The molecule has 2 unspecified atom stereocenters. The van der Waals surface area contributed by atoms with E-state index >= 15 is 0 Å². The van der Waals surface area contributed by atoms with E-state index in [1.165, 1.54) is 0 Å². The van der Waals surface area contributed by atoms with E-state index in [2.05, 4.69) is 9.97 Å². The van der Waals surface area contributed by atoms with Gasteiger partial charge in [-0.1, -0.05) is 29.8 Å². The van der Waals surface area contributed by atoms with Crippen molar-refractivity contribution in [2.75, 3.05) is 0 Å². The minimum absolute atomic E-state index is 0.152. The highest BCUT2D eigenvalue weighted by Gasteiger charge is 2.26. The number of rotatable bonds is 2. The van der Waals surface area contributed by atoms with Crippen LogP contribution in [0.5, 0.6) is 5.88 Å². The number of aromatic amines is 1. The van der Waals surface area contributed by atoms with Gasteiger partial charge in [0.15, 0.2) is 0 Å². The Hall–Kier alpha value is -2.14. The van der Waals surface area contributed by atoms with Gasteiger partial charge in [-0.15, -0.1) is 0 Å². The second kappa shape index (κ2) is 5.33. The number of nitrogens with zero attached hydrogens (tertiary/aromatic N) is 1. The van der Waals surface area contributed by atoms with Gasteiger partial charge in [0, 0.05) is 0 Å². The summed E-state index contributed by atoms with van der Waals surface area (Å²) in [6, 6.07) is 7.39. The van der Waals surface area contributed by atoms with Gasteiger partial charge in [0.05, 0.1) is 6.10 Å². The fourth-order valence-corrected chi connectivity index (χ4v) is 2.61. The zero-order chi connectivity index (χ0) is 15.0. The van der Waals surface area contributed by atoms with Crippen molar-refractivity contribution in [3.8, 4) is 17.0 Å². The number of benzene rings is 1. The topological polar surface area (TPSA) is 75.2 Å². The van der Waals surface area contributed by atoms with Crippen molar-refractivity contribution in [3.05, 3.63) is 46.0 Å². The monoisotopic (exact) mass is 286 g/mol. The highest BCUT2D eigenvalue weighted by Crippen LogP contribution is 2.32. The summed E-state index contributed by atoms with van der Waals surface area (Å²) >= 11 is 0. The summed E-state index contributed by atoms with van der Waals surface area (Å²) in [4.78, 5) is 19.1. The Morgan fingerprint density at radius 2 is 2.00 bits per heavy atom. The molecule has 5 nitrogen and oxygen atoms in total. The molecule has 0 amide bonds. The molecule has 2 atom stereocenters. The van der Waals surface area contributed by atoms with Crippen molar-refractivity contribution < 1.29 is 9.84 Å². The lowest BCUT2D eigenvalue weighted by Crippen LogP contribution is -2.16. The summed E-state index contributed by atoms with van der Waals surface area (Å²) in [5.74, 6) is 0.151. The van der Waals surface area contributed by atoms with Crippen LogP contribution >= 0.6 is 0 Å². The number of H-pyrrole nitrogens is 1. The first kappa shape index (κ1) is 13.8. The molecule has 2 heterocycles. The Bertz CT molecular complexity index is 706. The molecule has 1 aliphatic heterocycles. The first-order chi connectivity index (χ1) is 10.0. The fraction of sp³-hybridized carbons (Fsp3) is 0.375. The molecule has 0 radical (unpaired) electrons. The maximum atomic E-state index is 12.3. The van der Waals surface area contributed by atoms with E-state index in [0.29, 0.717) is 11.4 Å². The van der Waals surface area contributed by atoms with Crippen molar-refractivity contribution in [2.24, 2.45) is 0 Å². The molecule has 0 bridgehead atoms. The Morgan fingerprint density at radius 3 is 2.57 bits per heavy atom. The zero-order valence-electron chi connectivity index (χ0n) is 12.1. The summed E-state index contributed by atoms with van der Waals surface area (Å²) in [6.07, 6.45) is 1.63. The van der Waals surface area contributed by atoms with Crippen molar-refractivity contribution in [1.29, 1.82) is 0 Å². The molecule has 2 aromatic rings. The molecule has 1 aromatic carbocycles. The van der Waals surface area contributed by atoms with Gasteiger partial charge in [0.1, 0.15) is 17.5 Å². The molecule has 21 heavy (non-hydrogen) atoms. The van der Waals surface area contributed by atoms with Crippen molar-refractivity contribution in [1.82, 2.24) is 9.97 Å². The number of aryl methyl sites for hydroxylation is 1. The second-order valence-corrected chi connectivity index (χ2v) is 5.53. The molecule has 1 fully saturated rings.